The van der Waals surface area contributed by atoms with Crippen LogP contribution in [0.25, 0.3) is 0 Å². The Labute approximate surface area is 116 Å². The molecule has 1 fully saturated rings. The van der Waals surface area contributed by atoms with Crippen molar-refractivity contribution in [2.24, 2.45) is 0 Å². The van der Waals surface area contributed by atoms with E-state index in [4.69, 9.17) is 21.8 Å². The number of anilines is 1. The number of aliphatic hydroxyl groups is 1. The topological polar surface area (TPSA) is 73.7 Å². The summed E-state index contributed by atoms with van der Waals surface area (Å²) in [4.78, 5) is 17.3. The van der Waals surface area contributed by atoms with Crippen molar-refractivity contribution in [3.05, 3.63) is 22.8 Å². The third kappa shape index (κ3) is 3.16. The first-order valence-electron chi connectivity index (χ1n) is 6.41. The number of halogens is 1. The highest BCUT2D eigenvalue weighted by Gasteiger charge is 2.26. The zero-order chi connectivity index (χ0) is 13.8. The number of carbonyl (C=O) groups is 1. The van der Waals surface area contributed by atoms with Gasteiger partial charge in [-0.25, -0.2) is 9.78 Å². The van der Waals surface area contributed by atoms with Gasteiger partial charge in [0, 0.05) is 19.2 Å². The summed E-state index contributed by atoms with van der Waals surface area (Å²) in [6, 6.07) is 3.66. The molecule has 0 aliphatic carbocycles. The molecule has 1 saturated heterocycles. The van der Waals surface area contributed by atoms with Crippen molar-refractivity contribution >= 4 is 23.4 Å². The van der Waals surface area contributed by atoms with E-state index in [0.717, 1.165) is 32.2 Å². The van der Waals surface area contributed by atoms with Gasteiger partial charge in [0.05, 0.1) is 5.02 Å². The highest BCUT2D eigenvalue weighted by molar-refractivity contribution is 6.33. The number of aromatic carboxylic acids is 1. The fraction of sp³-hybridized carbons (Fsp3) is 0.538. The molecular formula is C13H17ClN2O3. The van der Waals surface area contributed by atoms with E-state index < -0.39 is 5.97 Å². The fourth-order valence-corrected chi connectivity index (χ4v) is 2.69. The molecule has 104 valence electrons. The summed E-state index contributed by atoms with van der Waals surface area (Å²) in [7, 11) is 0. The number of aromatic nitrogens is 1. The molecule has 0 radical (unpaired) electrons. The summed E-state index contributed by atoms with van der Waals surface area (Å²) in [5.41, 5.74) is -0.105. The summed E-state index contributed by atoms with van der Waals surface area (Å²) >= 11 is 5.82. The molecule has 0 saturated carbocycles. The maximum Gasteiger partial charge on any atom is 0.356 e. The van der Waals surface area contributed by atoms with Gasteiger partial charge in [-0.2, -0.15) is 0 Å². The van der Waals surface area contributed by atoms with Crippen molar-refractivity contribution in [3.63, 3.8) is 0 Å². The Balaban J connectivity index is 2.20. The molecule has 1 aromatic rings. The van der Waals surface area contributed by atoms with Gasteiger partial charge < -0.3 is 15.1 Å². The Hall–Kier alpha value is -1.33. The van der Waals surface area contributed by atoms with Crippen molar-refractivity contribution in [1.82, 2.24) is 4.98 Å². The summed E-state index contributed by atoms with van der Waals surface area (Å²) in [5, 5.41) is 18.1. The average molecular weight is 285 g/mol. The van der Waals surface area contributed by atoms with E-state index in [9.17, 15) is 4.79 Å². The van der Waals surface area contributed by atoms with E-state index in [2.05, 4.69) is 9.88 Å². The molecule has 1 aliphatic heterocycles. The minimum Gasteiger partial charge on any atom is -0.476 e. The van der Waals surface area contributed by atoms with Crippen LogP contribution in [0.5, 0.6) is 0 Å². The molecule has 0 spiro atoms. The lowest BCUT2D eigenvalue weighted by Crippen LogP contribution is -2.30. The van der Waals surface area contributed by atoms with Gasteiger partial charge in [0.25, 0.3) is 0 Å². The lowest BCUT2D eigenvalue weighted by atomic mass is 10.1. The molecule has 19 heavy (non-hydrogen) atoms. The Morgan fingerprint density at radius 3 is 3.00 bits per heavy atom. The summed E-state index contributed by atoms with van der Waals surface area (Å²) in [5.74, 6) is -0.458. The number of aliphatic hydroxyl groups excluding tert-OH is 1. The van der Waals surface area contributed by atoms with Gasteiger partial charge in [0.15, 0.2) is 5.69 Å². The number of carboxylic acids is 1. The smallest absolute Gasteiger partial charge is 0.356 e. The number of carboxylic acid groups (broad SMARTS) is 1. The predicted octanol–water partition coefficient (Wildman–Crippen LogP) is 2.17. The van der Waals surface area contributed by atoms with Crippen molar-refractivity contribution in [1.29, 1.82) is 0 Å². The molecule has 6 heteroatoms. The zero-order valence-electron chi connectivity index (χ0n) is 10.5. The Morgan fingerprint density at radius 1 is 1.53 bits per heavy atom. The number of nitrogens with zero attached hydrogens (tertiary/aromatic N) is 2. The molecule has 1 aliphatic rings. The third-order valence-electron chi connectivity index (χ3n) is 3.40. The second-order valence-corrected chi connectivity index (χ2v) is 5.07. The minimum atomic E-state index is -1.11. The normalized spacial score (nSPS) is 18.8. The van der Waals surface area contributed by atoms with Gasteiger partial charge in [0.2, 0.25) is 0 Å². The van der Waals surface area contributed by atoms with Crippen LogP contribution in [0.2, 0.25) is 5.02 Å². The van der Waals surface area contributed by atoms with Gasteiger partial charge in [-0.05, 0) is 37.8 Å². The van der Waals surface area contributed by atoms with Crippen LogP contribution in [-0.4, -0.2) is 40.4 Å². The lowest BCUT2D eigenvalue weighted by Gasteiger charge is -2.26. The maximum absolute atomic E-state index is 11.0. The second kappa shape index (κ2) is 6.21. The molecule has 2 rings (SSSR count). The quantitative estimate of drug-likeness (QED) is 0.867. The highest BCUT2D eigenvalue weighted by atomic mass is 35.5. The van der Waals surface area contributed by atoms with Crippen LogP contribution >= 0.6 is 11.6 Å². The van der Waals surface area contributed by atoms with E-state index in [1.54, 1.807) is 12.1 Å². The van der Waals surface area contributed by atoms with E-state index >= 15 is 0 Å². The van der Waals surface area contributed by atoms with Crippen LogP contribution in [0.15, 0.2) is 12.1 Å². The second-order valence-electron chi connectivity index (χ2n) is 4.66. The first-order valence-corrected chi connectivity index (χ1v) is 6.78. The SMILES string of the molecule is O=C(O)c1nc(N2CCCC2CCCO)ccc1Cl. The summed E-state index contributed by atoms with van der Waals surface area (Å²) in [6.07, 6.45) is 3.75. The van der Waals surface area contributed by atoms with Crippen LogP contribution in [0.1, 0.15) is 36.2 Å². The van der Waals surface area contributed by atoms with Crippen LogP contribution < -0.4 is 4.90 Å². The largest absolute Gasteiger partial charge is 0.476 e. The zero-order valence-corrected chi connectivity index (χ0v) is 11.3. The molecule has 1 unspecified atom stereocenters. The molecule has 1 aromatic heterocycles. The first-order chi connectivity index (χ1) is 9.13. The first kappa shape index (κ1) is 14.1. The number of rotatable bonds is 5. The summed E-state index contributed by atoms with van der Waals surface area (Å²) < 4.78 is 0. The number of hydrogen-bond acceptors (Lipinski definition) is 4. The molecule has 2 heterocycles. The van der Waals surface area contributed by atoms with E-state index in [1.165, 1.54) is 0 Å². The Morgan fingerprint density at radius 2 is 2.32 bits per heavy atom. The van der Waals surface area contributed by atoms with Gasteiger partial charge in [-0.1, -0.05) is 11.6 Å². The van der Waals surface area contributed by atoms with Gasteiger partial charge in [-0.15, -0.1) is 0 Å². The number of hydrogen-bond donors (Lipinski definition) is 2. The monoisotopic (exact) mass is 284 g/mol. The number of pyridine rings is 1. The van der Waals surface area contributed by atoms with Crippen molar-refractivity contribution in [3.8, 4) is 0 Å². The van der Waals surface area contributed by atoms with Crippen molar-refractivity contribution in [2.45, 2.75) is 31.7 Å². The molecule has 1 atom stereocenters. The Bertz CT molecular complexity index is 467. The average Bonchev–Trinajstić information content (AvgIpc) is 2.85. The molecule has 0 bridgehead atoms. The van der Waals surface area contributed by atoms with Crippen LogP contribution in [-0.2, 0) is 0 Å². The van der Waals surface area contributed by atoms with E-state index in [1.807, 2.05) is 0 Å². The van der Waals surface area contributed by atoms with Crippen LogP contribution in [0, 0.1) is 0 Å². The molecule has 0 aromatic carbocycles. The summed E-state index contributed by atoms with van der Waals surface area (Å²) in [6.45, 7) is 1.04. The van der Waals surface area contributed by atoms with Crippen LogP contribution in [0.3, 0.4) is 0 Å². The minimum absolute atomic E-state index is 0.105. The third-order valence-corrected chi connectivity index (χ3v) is 3.71. The van der Waals surface area contributed by atoms with E-state index in [0.29, 0.717) is 11.9 Å². The van der Waals surface area contributed by atoms with Crippen molar-refractivity contribution in [2.75, 3.05) is 18.1 Å². The molecule has 2 N–H and O–H groups in total. The molecule has 0 amide bonds. The lowest BCUT2D eigenvalue weighted by molar-refractivity contribution is 0.0691. The fourth-order valence-electron chi connectivity index (χ4n) is 2.51. The van der Waals surface area contributed by atoms with E-state index in [-0.39, 0.29) is 17.3 Å². The Kier molecular flexibility index (Phi) is 4.61. The highest BCUT2D eigenvalue weighted by Crippen LogP contribution is 2.28. The van der Waals surface area contributed by atoms with Crippen molar-refractivity contribution < 1.29 is 15.0 Å². The molecular weight excluding hydrogens is 268 g/mol. The van der Waals surface area contributed by atoms with Crippen LogP contribution in [0.4, 0.5) is 5.82 Å². The molecule has 5 nitrogen and oxygen atoms in total. The predicted molar refractivity (Wildman–Crippen MR) is 72.9 cm³/mol. The van der Waals surface area contributed by atoms with Gasteiger partial charge in [0.1, 0.15) is 5.82 Å². The maximum atomic E-state index is 11.0. The van der Waals surface area contributed by atoms with Gasteiger partial charge >= 0.3 is 5.97 Å². The standard InChI is InChI=1S/C13H17ClN2O3/c14-10-5-6-11(15-12(10)13(18)19)16-7-1-3-9(16)4-2-8-17/h5-6,9,17H,1-4,7-8H2,(H,18,19). The van der Waals surface area contributed by atoms with Gasteiger partial charge in [-0.3, -0.25) is 0 Å².